The van der Waals surface area contributed by atoms with Crippen molar-refractivity contribution >= 4 is 39.5 Å². The first-order chi connectivity index (χ1) is 46.2. The van der Waals surface area contributed by atoms with Crippen LogP contribution in [-0.4, -0.2) is 96.7 Å². The highest BCUT2D eigenvalue weighted by Crippen LogP contribution is 2.45. The van der Waals surface area contributed by atoms with E-state index in [9.17, 15) is 43.2 Å². The van der Waals surface area contributed by atoms with Crippen LogP contribution < -0.4 is 0 Å². The number of ether oxygens (including phenoxy) is 4. The summed E-state index contributed by atoms with van der Waals surface area (Å²) in [6.45, 7) is 14.2. The molecule has 0 spiro atoms. The molecule has 4 unspecified atom stereocenters. The third-order valence-corrected chi connectivity index (χ3v) is 20.4. The minimum atomic E-state index is -4.96. The smallest absolute Gasteiger partial charge is 0.462 e. The van der Waals surface area contributed by atoms with E-state index >= 15 is 0 Å². The van der Waals surface area contributed by atoms with Gasteiger partial charge in [0, 0.05) is 25.7 Å². The predicted molar refractivity (Wildman–Crippen MR) is 391 cm³/mol. The second-order valence-electron chi connectivity index (χ2n) is 29.2. The second kappa shape index (κ2) is 66.3. The summed E-state index contributed by atoms with van der Waals surface area (Å²) in [5.74, 6) is 0.981. The van der Waals surface area contributed by atoms with Gasteiger partial charge in [0.2, 0.25) is 0 Å². The average molecular weight is 1410 g/mol. The largest absolute Gasteiger partial charge is 0.472 e. The lowest BCUT2D eigenvalue weighted by Gasteiger charge is -2.21. The van der Waals surface area contributed by atoms with E-state index in [2.05, 4.69) is 55.4 Å². The first-order valence-electron chi connectivity index (χ1n) is 39.8. The lowest BCUT2D eigenvalue weighted by molar-refractivity contribution is -0.161. The molecule has 570 valence electrons. The van der Waals surface area contributed by atoms with E-state index in [1.54, 1.807) is 0 Å². The van der Waals surface area contributed by atoms with Gasteiger partial charge in [-0.05, 0) is 49.4 Å². The Bertz CT molecular complexity index is 1890. The zero-order valence-electron chi connectivity index (χ0n) is 63.0. The van der Waals surface area contributed by atoms with Crippen LogP contribution in [0, 0.1) is 23.7 Å². The topological polar surface area (TPSA) is 237 Å². The molecular weight excluding hydrogens is 1260 g/mol. The van der Waals surface area contributed by atoms with Gasteiger partial charge >= 0.3 is 39.5 Å². The molecule has 0 aliphatic heterocycles. The SMILES string of the molecule is CCC(C)CCCCCCCCCCCCC(=O)OC[C@H](COP(=O)(O)OC[C@@H](O)COP(=O)(O)OC[C@@H](COC(=O)CCCCCCCCC(C)CC)OC(=O)CCCCCCCCCCCCC(C)C)OC(=O)CCCCCCCCCCCCCCCCCCC(C)C. The van der Waals surface area contributed by atoms with Gasteiger partial charge < -0.3 is 33.8 Å². The summed E-state index contributed by atoms with van der Waals surface area (Å²) in [5.41, 5.74) is 0. The van der Waals surface area contributed by atoms with Crippen LogP contribution in [0.2, 0.25) is 0 Å². The summed E-state index contributed by atoms with van der Waals surface area (Å²) < 4.78 is 68.6. The van der Waals surface area contributed by atoms with E-state index < -0.39 is 97.5 Å². The minimum Gasteiger partial charge on any atom is -0.462 e. The van der Waals surface area contributed by atoms with Crippen LogP contribution >= 0.6 is 15.6 Å². The number of aliphatic hydroxyl groups is 1. The molecular formula is C77H150O17P2. The number of hydrogen-bond acceptors (Lipinski definition) is 15. The van der Waals surface area contributed by atoms with Crippen molar-refractivity contribution in [3.63, 3.8) is 0 Å². The van der Waals surface area contributed by atoms with Gasteiger partial charge in [0.25, 0.3) is 0 Å². The molecule has 0 aromatic heterocycles. The predicted octanol–water partition coefficient (Wildman–Crippen LogP) is 22.4. The summed E-state index contributed by atoms with van der Waals surface area (Å²) in [6, 6.07) is 0. The Kier molecular flexibility index (Phi) is 65.0. The van der Waals surface area contributed by atoms with E-state index in [1.165, 1.54) is 186 Å². The molecule has 17 nitrogen and oxygen atoms in total. The summed E-state index contributed by atoms with van der Waals surface area (Å²) >= 11 is 0. The van der Waals surface area contributed by atoms with Crippen molar-refractivity contribution in [3.05, 3.63) is 0 Å². The third-order valence-electron chi connectivity index (χ3n) is 18.5. The number of carbonyl (C=O) groups is 4. The maximum atomic E-state index is 13.1. The van der Waals surface area contributed by atoms with E-state index in [4.69, 9.17) is 37.0 Å². The molecule has 3 N–H and O–H groups in total. The number of carbonyl (C=O) groups excluding carboxylic acids is 4. The van der Waals surface area contributed by atoms with Gasteiger partial charge in [0.15, 0.2) is 12.2 Å². The maximum Gasteiger partial charge on any atom is 0.472 e. The molecule has 0 aromatic carbocycles. The Labute approximate surface area is 588 Å². The summed E-state index contributed by atoms with van der Waals surface area (Å²) in [4.78, 5) is 72.9. The van der Waals surface area contributed by atoms with Crippen LogP contribution in [0.15, 0.2) is 0 Å². The highest BCUT2D eigenvalue weighted by molar-refractivity contribution is 7.47. The van der Waals surface area contributed by atoms with Crippen molar-refractivity contribution in [2.24, 2.45) is 23.7 Å². The zero-order valence-corrected chi connectivity index (χ0v) is 64.8. The average Bonchev–Trinajstić information content (AvgIpc) is 1.18. The monoisotopic (exact) mass is 1410 g/mol. The van der Waals surface area contributed by atoms with Crippen LogP contribution in [0.5, 0.6) is 0 Å². The molecule has 0 rings (SSSR count). The summed E-state index contributed by atoms with van der Waals surface area (Å²) in [7, 11) is -9.92. The molecule has 0 aliphatic carbocycles. The number of hydrogen-bond donors (Lipinski definition) is 3. The van der Waals surface area contributed by atoms with Crippen molar-refractivity contribution in [3.8, 4) is 0 Å². The number of phosphoric acid groups is 2. The van der Waals surface area contributed by atoms with E-state index in [1.807, 2.05) is 0 Å². The fourth-order valence-electron chi connectivity index (χ4n) is 11.7. The van der Waals surface area contributed by atoms with Crippen LogP contribution in [0.1, 0.15) is 389 Å². The van der Waals surface area contributed by atoms with Crippen LogP contribution in [0.3, 0.4) is 0 Å². The molecule has 0 saturated heterocycles. The maximum absolute atomic E-state index is 13.1. The van der Waals surface area contributed by atoms with Crippen molar-refractivity contribution in [2.45, 2.75) is 408 Å². The molecule has 19 heteroatoms. The molecule has 0 saturated carbocycles. The van der Waals surface area contributed by atoms with E-state index in [0.29, 0.717) is 25.7 Å². The van der Waals surface area contributed by atoms with Crippen molar-refractivity contribution in [1.29, 1.82) is 0 Å². The molecule has 0 amide bonds. The van der Waals surface area contributed by atoms with Crippen molar-refractivity contribution < 1.29 is 80.2 Å². The Morgan fingerprint density at radius 2 is 0.500 bits per heavy atom. The molecule has 0 aromatic rings. The Morgan fingerprint density at radius 3 is 0.740 bits per heavy atom. The molecule has 0 bridgehead atoms. The standard InChI is InChI=1S/C77H150O17P2/c1-9-69(7)55-47-39-31-25-20-22-26-32-41-49-57-74(79)87-63-72(93-76(81)59-51-43-33-27-18-16-14-12-11-13-15-17-23-29-37-45-53-67(3)4)65-91-95(83,84)89-61-71(78)62-90-96(85,86)92-66-73(64-88-75(80)58-50-42-36-35-40-48-56-70(8)10-2)94-77(82)60-52-44-34-28-21-19-24-30-38-46-54-68(5)6/h67-73,78H,9-66H2,1-8H3,(H,83,84)(H,85,86)/t69?,70?,71-,72-,73-/m1/s1. The van der Waals surface area contributed by atoms with Crippen molar-refractivity contribution in [2.75, 3.05) is 39.6 Å². The van der Waals surface area contributed by atoms with Crippen LogP contribution in [0.25, 0.3) is 0 Å². The number of aliphatic hydroxyl groups excluding tert-OH is 1. The molecule has 0 aliphatic rings. The first kappa shape index (κ1) is 94.1. The van der Waals surface area contributed by atoms with Crippen LogP contribution in [-0.2, 0) is 65.4 Å². The minimum absolute atomic E-state index is 0.105. The third kappa shape index (κ3) is 67.9. The normalized spacial score (nSPS) is 14.7. The fourth-order valence-corrected chi connectivity index (χ4v) is 13.2. The number of unbranched alkanes of at least 4 members (excludes halogenated alkanes) is 38. The highest BCUT2D eigenvalue weighted by atomic mass is 31.2. The molecule has 0 fully saturated rings. The van der Waals surface area contributed by atoms with Gasteiger partial charge in [0.05, 0.1) is 26.4 Å². The lowest BCUT2D eigenvalue weighted by atomic mass is 9.99. The number of esters is 4. The van der Waals surface area contributed by atoms with Gasteiger partial charge in [-0.25, -0.2) is 9.13 Å². The van der Waals surface area contributed by atoms with Gasteiger partial charge in [-0.15, -0.1) is 0 Å². The molecule has 96 heavy (non-hydrogen) atoms. The van der Waals surface area contributed by atoms with Gasteiger partial charge in [0.1, 0.15) is 19.3 Å². The lowest BCUT2D eigenvalue weighted by Crippen LogP contribution is -2.30. The van der Waals surface area contributed by atoms with Crippen molar-refractivity contribution in [1.82, 2.24) is 0 Å². The fraction of sp³-hybridized carbons (Fsp3) is 0.948. The quantitative estimate of drug-likeness (QED) is 0.0222. The Morgan fingerprint density at radius 1 is 0.292 bits per heavy atom. The van der Waals surface area contributed by atoms with Gasteiger partial charge in [-0.3, -0.25) is 37.3 Å². The molecule has 0 radical (unpaired) electrons. The van der Waals surface area contributed by atoms with E-state index in [0.717, 1.165) is 120 Å². The molecule has 0 heterocycles. The number of rotatable bonds is 74. The highest BCUT2D eigenvalue weighted by Gasteiger charge is 2.30. The van der Waals surface area contributed by atoms with Crippen LogP contribution in [0.4, 0.5) is 0 Å². The molecule has 7 atom stereocenters. The number of phosphoric ester groups is 2. The summed E-state index contributed by atoms with van der Waals surface area (Å²) in [5, 5.41) is 10.6. The Hall–Kier alpha value is -1.94. The summed E-state index contributed by atoms with van der Waals surface area (Å²) in [6.07, 6.45) is 51.3. The Balaban J connectivity index is 5.25. The van der Waals surface area contributed by atoms with E-state index in [-0.39, 0.29) is 25.7 Å². The second-order valence-corrected chi connectivity index (χ2v) is 32.1. The first-order valence-corrected chi connectivity index (χ1v) is 42.8. The van der Waals surface area contributed by atoms with Gasteiger partial charge in [-0.2, -0.15) is 0 Å². The van der Waals surface area contributed by atoms with Gasteiger partial charge in [-0.1, -0.05) is 338 Å². The zero-order chi connectivity index (χ0) is 71.0.